The molecule has 9 heteroatoms. The molecule has 1 N–H and O–H groups in total. The van der Waals surface area contributed by atoms with Crippen molar-refractivity contribution in [1.82, 2.24) is 5.43 Å². The second-order valence-electron chi connectivity index (χ2n) is 7.05. The molecule has 0 saturated heterocycles. The number of halogens is 2. The first-order valence-electron chi connectivity index (χ1n) is 9.61. The Morgan fingerprint density at radius 1 is 1.06 bits per heavy atom. The maximum atomic E-state index is 13.4. The van der Waals surface area contributed by atoms with Crippen molar-refractivity contribution in [2.45, 2.75) is 18.7 Å². The Morgan fingerprint density at radius 3 is 2.41 bits per heavy atom. The molecule has 0 aliphatic heterocycles. The predicted molar refractivity (Wildman–Crippen MR) is 137 cm³/mol. The first-order chi connectivity index (χ1) is 15.2. The molecule has 3 rings (SSSR count). The van der Waals surface area contributed by atoms with Crippen LogP contribution in [-0.2, 0) is 14.8 Å². The van der Waals surface area contributed by atoms with Crippen molar-refractivity contribution >= 4 is 61.5 Å². The van der Waals surface area contributed by atoms with Gasteiger partial charge in [-0.05, 0) is 84.5 Å². The number of aryl methyl sites for hydroxylation is 1. The van der Waals surface area contributed by atoms with E-state index in [1.54, 1.807) is 37.3 Å². The Hall–Kier alpha value is -2.43. The van der Waals surface area contributed by atoms with Crippen LogP contribution >= 0.6 is 34.2 Å². The third kappa shape index (κ3) is 6.08. The largest absolute Gasteiger partial charge is 0.271 e. The summed E-state index contributed by atoms with van der Waals surface area (Å²) in [6.07, 6.45) is 0. The van der Waals surface area contributed by atoms with Gasteiger partial charge in [0.05, 0.1) is 16.3 Å². The molecule has 0 unspecified atom stereocenters. The molecule has 0 bridgehead atoms. The van der Waals surface area contributed by atoms with E-state index in [1.165, 1.54) is 18.2 Å². The minimum absolute atomic E-state index is 0.0782. The van der Waals surface area contributed by atoms with Crippen LogP contribution in [0.3, 0.4) is 0 Å². The number of amides is 1. The lowest BCUT2D eigenvalue weighted by atomic mass is 10.1. The summed E-state index contributed by atoms with van der Waals surface area (Å²) >= 11 is 8.28. The monoisotopic (exact) mass is 581 g/mol. The first kappa shape index (κ1) is 24.2. The van der Waals surface area contributed by atoms with Crippen LogP contribution in [0.5, 0.6) is 0 Å². The summed E-state index contributed by atoms with van der Waals surface area (Å²) in [4.78, 5) is 12.8. The number of hydrogen-bond acceptors (Lipinski definition) is 4. The maximum Gasteiger partial charge on any atom is 0.264 e. The molecule has 166 valence electrons. The average molecular weight is 582 g/mol. The molecule has 0 heterocycles. The zero-order valence-electron chi connectivity index (χ0n) is 17.4. The van der Waals surface area contributed by atoms with Gasteiger partial charge >= 0.3 is 0 Å². The highest BCUT2D eigenvalue weighted by atomic mass is 127. The zero-order valence-corrected chi connectivity index (χ0v) is 21.1. The van der Waals surface area contributed by atoms with Crippen LogP contribution in [0.1, 0.15) is 18.1 Å². The Bertz CT molecular complexity index is 1260. The highest BCUT2D eigenvalue weighted by Crippen LogP contribution is 2.26. The number of nitrogens with zero attached hydrogens (tertiary/aromatic N) is 2. The molecule has 32 heavy (non-hydrogen) atoms. The van der Waals surface area contributed by atoms with Crippen LogP contribution in [0.4, 0.5) is 5.69 Å². The number of nitrogens with one attached hydrogen (secondary N) is 1. The first-order valence-corrected chi connectivity index (χ1v) is 12.5. The van der Waals surface area contributed by atoms with Gasteiger partial charge in [-0.3, -0.25) is 9.10 Å². The van der Waals surface area contributed by atoms with E-state index in [1.807, 2.05) is 31.2 Å². The second-order valence-corrected chi connectivity index (χ2v) is 10.6. The van der Waals surface area contributed by atoms with Crippen molar-refractivity contribution in [3.8, 4) is 0 Å². The van der Waals surface area contributed by atoms with Crippen LogP contribution in [0.25, 0.3) is 0 Å². The molecule has 0 radical (unpaired) electrons. The number of hydrogen-bond donors (Lipinski definition) is 1. The summed E-state index contributed by atoms with van der Waals surface area (Å²) in [6, 6.07) is 20.5. The van der Waals surface area contributed by atoms with Gasteiger partial charge in [-0.25, -0.2) is 13.8 Å². The summed E-state index contributed by atoms with van der Waals surface area (Å²) in [5.74, 6) is -0.578. The van der Waals surface area contributed by atoms with Crippen LogP contribution in [0, 0.1) is 10.5 Å². The van der Waals surface area contributed by atoms with E-state index >= 15 is 0 Å². The minimum atomic E-state index is -4.01. The van der Waals surface area contributed by atoms with Gasteiger partial charge in [0.15, 0.2) is 0 Å². The number of benzene rings is 3. The van der Waals surface area contributed by atoms with E-state index in [0.29, 0.717) is 10.7 Å². The quantitative estimate of drug-likeness (QED) is 0.243. The average Bonchev–Trinajstić information content (AvgIpc) is 2.76. The SMILES string of the molecule is C/C(=N/NC(=O)CN(c1cccc(Cl)c1)S(=O)(=O)c1ccc(C)cc1)c1cccc(I)c1. The van der Waals surface area contributed by atoms with Gasteiger partial charge in [-0.15, -0.1) is 0 Å². The molecule has 0 saturated carbocycles. The lowest BCUT2D eigenvalue weighted by Gasteiger charge is -2.24. The summed E-state index contributed by atoms with van der Waals surface area (Å²) < 4.78 is 28.8. The van der Waals surface area contributed by atoms with Crippen molar-refractivity contribution in [1.29, 1.82) is 0 Å². The Labute approximate surface area is 206 Å². The molecule has 0 aliphatic carbocycles. The van der Waals surface area contributed by atoms with E-state index in [-0.39, 0.29) is 10.6 Å². The Balaban J connectivity index is 1.88. The number of rotatable bonds is 7. The van der Waals surface area contributed by atoms with Gasteiger partial charge in [0, 0.05) is 8.59 Å². The summed E-state index contributed by atoms with van der Waals surface area (Å²) in [6.45, 7) is 3.18. The summed E-state index contributed by atoms with van der Waals surface area (Å²) in [5.41, 5.74) is 5.13. The zero-order chi connectivity index (χ0) is 23.3. The van der Waals surface area contributed by atoms with Gasteiger partial charge < -0.3 is 0 Å². The molecule has 0 aliphatic rings. The van der Waals surface area contributed by atoms with Crippen molar-refractivity contribution < 1.29 is 13.2 Å². The lowest BCUT2D eigenvalue weighted by molar-refractivity contribution is -0.119. The van der Waals surface area contributed by atoms with Crippen molar-refractivity contribution in [2.24, 2.45) is 5.10 Å². The molecule has 0 atom stereocenters. The van der Waals surface area contributed by atoms with Gasteiger partial charge in [0.2, 0.25) is 0 Å². The topological polar surface area (TPSA) is 78.8 Å². The number of anilines is 1. The molecular formula is C23H21ClIN3O3S. The van der Waals surface area contributed by atoms with Crippen LogP contribution in [0.15, 0.2) is 82.8 Å². The van der Waals surface area contributed by atoms with E-state index < -0.39 is 22.5 Å². The molecule has 3 aromatic rings. The highest BCUT2D eigenvalue weighted by molar-refractivity contribution is 14.1. The van der Waals surface area contributed by atoms with Gasteiger partial charge in [-0.2, -0.15) is 5.10 Å². The van der Waals surface area contributed by atoms with E-state index in [0.717, 1.165) is 19.0 Å². The number of carbonyl (C=O) groups is 1. The van der Waals surface area contributed by atoms with Crippen molar-refractivity contribution in [3.05, 3.63) is 92.5 Å². The smallest absolute Gasteiger partial charge is 0.264 e. The minimum Gasteiger partial charge on any atom is -0.271 e. The second kappa shape index (κ2) is 10.5. The van der Waals surface area contributed by atoms with Crippen LogP contribution in [-0.4, -0.2) is 26.6 Å². The number of sulfonamides is 1. The molecular weight excluding hydrogens is 561 g/mol. The van der Waals surface area contributed by atoms with Crippen LogP contribution in [0.2, 0.25) is 5.02 Å². The summed E-state index contributed by atoms with van der Waals surface area (Å²) in [7, 11) is -4.01. The van der Waals surface area contributed by atoms with Crippen molar-refractivity contribution in [3.63, 3.8) is 0 Å². The number of hydrazone groups is 1. The fourth-order valence-electron chi connectivity index (χ4n) is 2.87. The molecule has 0 aromatic heterocycles. The van der Waals surface area contributed by atoms with Gasteiger partial charge in [0.1, 0.15) is 6.54 Å². The van der Waals surface area contributed by atoms with E-state index in [2.05, 4.69) is 33.1 Å². The fourth-order valence-corrected chi connectivity index (χ4v) is 5.01. The standard InChI is InChI=1S/C23H21ClIN3O3S/c1-16-9-11-22(12-10-16)32(30,31)28(21-8-4-6-19(24)14-21)15-23(29)27-26-17(2)18-5-3-7-20(25)13-18/h3-14H,15H2,1-2H3,(H,27,29)/b26-17-. The maximum absolute atomic E-state index is 13.4. The van der Waals surface area contributed by atoms with Gasteiger partial charge in [0.25, 0.3) is 15.9 Å². The third-order valence-corrected chi connectivity index (χ3v) is 7.28. The lowest BCUT2D eigenvalue weighted by Crippen LogP contribution is -2.39. The molecule has 1 amide bonds. The van der Waals surface area contributed by atoms with E-state index in [4.69, 9.17) is 11.6 Å². The van der Waals surface area contributed by atoms with Crippen LogP contribution < -0.4 is 9.73 Å². The third-order valence-electron chi connectivity index (χ3n) is 4.58. The predicted octanol–water partition coefficient (Wildman–Crippen LogP) is 4.99. The summed E-state index contributed by atoms with van der Waals surface area (Å²) in [5, 5.41) is 4.49. The Morgan fingerprint density at radius 2 is 1.75 bits per heavy atom. The normalized spacial score (nSPS) is 11.8. The molecule has 3 aromatic carbocycles. The van der Waals surface area contributed by atoms with Crippen molar-refractivity contribution in [2.75, 3.05) is 10.8 Å². The fraction of sp³-hybridized carbons (Fsp3) is 0.130. The van der Waals surface area contributed by atoms with E-state index in [9.17, 15) is 13.2 Å². The number of carbonyl (C=O) groups excluding carboxylic acids is 1. The molecule has 0 fully saturated rings. The molecule has 6 nitrogen and oxygen atoms in total. The highest BCUT2D eigenvalue weighted by Gasteiger charge is 2.27. The molecule has 0 spiro atoms. The Kier molecular flexibility index (Phi) is 7.91. The van der Waals surface area contributed by atoms with Gasteiger partial charge in [-0.1, -0.05) is 47.5 Å².